The Balaban J connectivity index is 2.07. The maximum absolute atomic E-state index is 13.5. The lowest BCUT2D eigenvalue weighted by molar-refractivity contribution is -0.137. The number of rotatable bonds is 9. The monoisotopic (exact) mass is 513 g/mol. The van der Waals surface area contributed by atoms with Crippen molar-refractivity contribution in [1.82, 2.24) is 15.0 Å². The normalized spacial score (nSPS) is 18.8. The highest BCUT2D eigenvalue weighted by Crippen LogP contribution is 2.38. The number of hydrazine groups is 1. The molecule has 3 rings (SSSR count). The van der Waals surface area contributed by atoms with Crippen molar-refractivity contribution in [2.24, 2.45) is 5.92 Å². The van der Waals surface area contributed by atoms with Gasteiger partial charge in [0.25, 0.3) is 5.91 Å². The van der Waals surface area contributed by atoms with E-state index in [-0.39, 0.29) is 22.4 Å². The van der Waals surface area contributed by atoms with Crippen molar-refractivity contribution in [3.8, 4) is 11.3 Å². The fourth-order valence-electron chi connectivity index (χ4n) is 4.83. The number of nitrogens with zero attached hydrogens (tertiary/aromatic N) is 2. The molecule has 0 radical (unpaired) electrons. The summed E-state index contributed by atoms with van der Waals surface area (Å²) in [5.41, 5.74) is 3.83. The number of halogens is 4. The second-order valence-corrected chi connectivity index (χ2v) is 9.78. The van der Waals surface area contributed by atoms with Gasteiger partial charge in [-0.1, -0.05) is 38.3 Å². The molecule has 9 heteroatoms. The second-order valence-electron chi connectivity index (χ2n) is 9.37. The zero-order valence-electron chi connectivity index (χ0n) is 20.6. The summed E-state index contributed by atoms with van der Waals surface area (Å²) >= 11 is 6.39. The van der Waals surface area contributed by atoms with Crippen LogP contribution in [0.5, 0.6) is 0 Å². The molecular weight excluding hydrogens is 479 g/mol. The summed E-state index contributed by atoms with van der Waals surface area (Å²) in [5, 5.41) is 12.6. The Hall–Kier alpha value is -2.03. The van der Waals surface area contributed by atoms with E-state index in [1.54, 1.807) is 13.0 Å². The summed E-state index contributed by atoms with van der Waals surface area (Å²) in [6.45, 7) is 7.63. The van der Waals surface area contributed by atoms with E-state index in [2.05, 4.69) is 5.43 Å². The Bertz CT molecular complexity index is 1020. The van der Waals surface area contributed by atoms with Gasteiger partial charge in [-0.05, 0) is 56.9 Å². The van der Waals surface area contributed by atoms with Crippen LogP contribution >= 0.6 is 11.6 Å². The number of alkyl halides is 3. The van der Waals surface area contributed by atoms with Gasteiger partial charge in [-0.15, -0.1) is 0 Å². The molecule has 1 heterocycles. The van der Waals surface area contributed by atoms with Gasteiger partial charge in [0.2, 0.25) is 0 Å². The quantitative estimate of drug-likeness (QED) is 0.379. The molecule has 1 aliphatic carbocycles. The Kier molecular flexibility index (Phi) is 9.29. The minimum Gasteiger partial charge on any atom is -0.393 e. The topological polar surface area (TPSA) is 57.5 Å². The van der Waals surface area contributed by atoms with E-state index >= 15 is 0 Å². The zero-order chi connectivity index (χ0) is 25.8. The number of aliphatic hydroxyl groups excluding tert-OH is 1. The summed E-state index contributed by atoms with van der Waals surface area (Å²) in [7, 11) is 0. The maximum Gasteiger partial charge on any atom is 0.416 e. The molecule has 1 saturated carbocycles. The van der Waals surface area contributed by atoms with Crippen molar-refractivity contribution in [2.75, 3.05) is 13.1 Å². The zero-order valence-corrected chi connectivity index (χ0v) is 21.3. The van der Waals surface area contributed by atoms with Gasteiger partial charge < -0.3 is 9.67 Å². The molecule has 1 aromatic heterocycles. The molecule has 0 unspecified atom stereocenters. The lowest BCUT2D eigenvalue weighted by Gasteiger charge is -2.29. The number of hydrogen-bond donors (Lipinski definition) is 2. The SMILES string of the molecule is CCCN(CCC)NC(=O)c1cc(-c2cc(C(F)(F)F)ccc2Cl)n(C[C@H]2CCCC[C@H]2O)c1C. The average Bonchev–Trinajstić information content (AvgIpc) is 3.11. The first-order chi connectivity index (χ1) is 16.6. The summed E-state index contributed by atoms with van der Waals surface area (Å²) in [5.74, 6) is -0.359. The number of aromatic nitrogens is 1. The number of hydrogen-bond acceptors (Lipinski definition) is 3. The lowest BCUT2D eigenvalue weighted by atomic mass is 9.86. The maximum atomic E-state index is 13.5. The van der Waals surface area contributed by atoms with Gasteiger partial charge >= 0.3 is 6.18 Å². The fourth-order valence-corrected chi connectivity index (χ4v) is 5.05. The number of amides is 1. The predicted molar refractivity (Wildman–Crippen MR) is 132 cm³/mol. The van der Waals surface area contributed by atoms with E-state index in [1.807, 2.05) is 23.4 Å². The van der Waals surface area contributed by atoms with Gasteiger partial charge in [0.1, 0.15) is 0 Å². The van der Waals surface area contributed by atoms with Crippen LogP contribution in [0.2, 0.25) is 5.02 Å². The Morgan fingerprint density at radius 3 is 2.43 bits per heavy atom. The summed E-state index contributed by atoms with van der Waals surface area (Å²) < 4.78 is 42.3. The van der Waals surface area contributed by atoms with Crippen LogP contribution in [0.1, 0.15) is 74.0 Å². The third-order valence-corrected chi connectivity index (χ3v) is 7.04. The minimum absolute atomic E-state index is 0.0502. The summed E-state index contributed by atoms with van der Waals surface area (Å²) in [4.78, 5) is 13.3. The van der Waals surface area contributed by atoms with Crippen molar-refractivity contribution in [3.63, 3.8) is 0 Å². The van der Waals surface area contributed by atoms with E-state index in [9.17, 15) is 23.1 Å². The lowest BCUT2D eigenvalue weighted by Crippen LogP contribution is -2.43. The van der Waals surface area contributed by atoms with Crippen LogP contribution in [0, 0.1) is 12.8 Å². The van der Waals surface area contributed by atoms with Crippen LogP contribution in [-0.2, 0) is 12.7 Å². The van der Waals surface area contributed by atoms with Crippen molar-refractivity contribution in [2.45, 2.75) is 78.1 Å². The summed E-state index contributed by atoms with van der Waals surface area (Å²) in [6, 6.07) is 4.86. The predicted octanol–water partition coefficient (Wildman–Crippen LogP) is 6.45. The molecule has 1 aliphatic rings. The smallest absolute Gasteiger partial charge is 0.393 e. The molecule has 194 valence electrons. The molecule has 0 bridgehead atoms. The van der Waals surface area contributed by atoms with Crippen molar-refractivity contribution in [1.29, 1.82) is 0 Å². The van der Waals surface area contributed by atoms with Crippen LogP contribution in [0.4, 0.5) is 13.2 Å². The standard InChI is InChI=1S/C26H35ClF3N3O2/c1-4-12-32(13-5-2)31-25(35)20-15-23(21-14-19(26(28,29)30)10-11-22(21)27)33(17(20)3)16-18-8-6-7-9-24(18)34/h10-11,14-15,18,24,34H,4-9,12-13,16H2,1-3H3,(H,31,35)/t18-,24-/m1/s1. The van der Waals surface area contributed by atoms with E-state index < -0.39 is 17.8 Å². The third-order valence-electron chi connectivity index (χ3n) is 6.71. The summed E-state index contributed by atoms with van der Waals surface area (Å²) in [6.07, 6.45) is 0.169. The molecule has 2 atom stereocenters. The van der Waals surface area contributed by atoms with Crippen molar-refractivity contribution < 1.29 is 23.1 Å². The molecule has 2 aromatic rings. The molecule has 0 aliphatic heterocycles. The number of carbonyl (C=O) groups excluding carboxylic acids is 1. The van der Waals surface area contributed by atoms with Gasteiger partial charge in [0.05, 0.1) is 22.9 Å². The highest BCUT2D eigenvalue weighted by atomic mass is 35.5. The molecule has 1 amide bonds. The molecule has 5 nitrogen and oxygen atoms in total. The molecule has 0 saturated heterocycles. The van der Waals surface area contributed by atoms with Crippen LogP contribution < -0.4 is 5.43 Å². The first-order valence-corrected chi connectivity index (χ1v) is 12.8. The first kappa shape index (κ1) is 27.6. The van der Waals surface area contributed by atoms with Gasteiger partial charge in [-0.3, -0.25) is 10.2 Å². The number of nitrogens with one attached hydrogen (secondary N) is 1. The van der Waals surface area contributed by atoms with E-state index in [4.69, 9.17) is 11.6 Å². The Morgan fingerprint density at radius 2 is 1.83 bits per heavy atom. The highest BCUT2D eigenvalue weighted by Gasteiger charge is 2.32. The van der Waals surface area contributed by atoms with Crippen LogP contribution in [-0.4, -0.2) is 39.8 Å². The van der Waals surface area contributed by atoms with Gasteiger partial charge in [0.15, 0.2) is 0 Å². The average molecular weight is 514 g/mol. The highest BCUT2D eigenvalue weighted by molar-refractivity contribution is 6.33. The van der Waals surface area contributed by atoms with Gasteiger partial charge in [-0.25, -0.2) is 5.01 Å². The Morgan fingerprint density at radius 1 is 1.17 bits per heavy atom. The molecule has 0 spiro atoms. The van der Waals surface area contributed by atoms with E-state index in [0.29, 0.717) is 43.0 Å². The minimum atomic E-state index is -4.52. The number of carbonyl (C=O) groups is 1. The van der Waals surface area contributed by atoms with Crippen LogP contribution in [0.15, 0.2) is 24.3 Å². The van der Waals surface area contributed by atoms with Crippen molar-refractivity contribution >= 4 is 17.5 Å². The second kappa shape index (κ2) is 11.8. The molecule has 1 fully saturated rings. The molecule has 35 heavy (non-hydrogen) atoms. The largest absolute Gasteiger partial charge is 0.416 e. The third kappa shape index (κ3) is 6.60. The van der Waals surface area contributed by atoms with Crippen molar-refractivity contribution in [3.05, 3.63) is 46.1 Å². The first-order valence-electron chi connectivity index (χ1n) is 12.4. The number of benzene rings is 1. The fraction of sp³-hybridized carbons (Fsp3) is 0.577. The van der Waals surface area contributed by atoms with Gasteiger partial charge in [-0.2, -0.15) is 13.2 Å². The van der Waals surface area contributed by atoms with Crippen LogP contribution in [0.25, 0.3) is 11.3 Å². The van der Waals surface area contributed by atoms with E-state index in [0.717, 1.165) is 44.2 Å². The Labute approximate surface area is 210 Å². The van der Waals surface area contributed by atoms with Gasteiger partial charge in [0, 0.05) is 41.8 Å². The molecule has 2 N–H and O–H groups in total. The molecule has 1 aromatic carbocycles. The number of aliphatic hydroxyl groups is 1. The molecular formula is C26H35ClF3N3O2. The van der Waals surface area contributed by atoms with E-state index in [1.165, 1.54) is 6.07 Å². The van der Waals surface area contributed by atoms with Crippen LogP contribution in [0.3, 0.4) is 0 Å².